The zero-order chi connectivity index (χ0) is 21.5. The summed E-state index contributed by atoms with van der Waals surface area (Å²) in [5, 5.41) is 0. The van der Waals surface area contributed by atoms with Crippen LogP contribution in [0.4, 0.5) is 0 Å². The third-order valence-electron chi connectivity index (χ3n) is 4.78. The van der Waals surface area contributed by atoms with Gasteiger partial charge in [0, 0.05) is 15.6 Å². The van der Waals surface area contributed by atoms with Gasteiger partial charge in [-0.3, -0.25) is 4.79 Å². The fraction of sp³-hybridized carbons (Fsp3) is 0.192. The number of carbonyl (C=O) groups is 1. The first kappa shape index (κ1) is 21.8. The van der Waals surface area contributed by atoms with Crippen molar-refractivity contribution in [3.63, 3.8) is 0 Å². The smallest absolute Gasteiger partial charge is 0.185 e. The van der Waals surface area contributed by atoms with Crippen LogP contribution >= 0.6 is 15.9 Å². The highest BCUT2D eigenvalue weighted by molar-refractivity contribution is 9.10. The Hall–Kier alpha value is -2.85. The van der Waals surface area contributed by atoms with E-state index in [1.807, 2.05) is 72.8 Å². The minimum absolute atomic E-state index is 0.0203. The average Bonchev–Trinajstić information content (AvgIpc) is 2.76. The molecule has 0 aromatic heterocycles. The van der Waals surface area contributed by atoms with E-state index in [1.54, 1.807) is 13.2 Å². The molecule has 0 amide bonds. The van der Waals surface area contributed by atoms with Gasteiger partial charge in [-0.15, -0.1) is 0 Å². The standard InChI is InChI=1S/C26H25BrO3/c1-18(2)20-9-11-21(12-10-20)25(28)13-7-19-8-14-26(29-3)22(15-19)17-30-24-6-4-5-23(27)16-24/h4-16,18H,17H2,1-3H3/b13-7+. The molecule has 0 bridgehead atoms. The van der Waals surface area contributed by atoms with Crippen molar-refractivity contribution in [3.8, 4) is 11.5 Å². The Morgan fingerprint density at radius 2 is 1.80 bits per heavy atom. The lowest BCUT2D eigenvalue weighted by Crippen LogP contribution is -1.99. The van der Waals surface area contributed by atoms with Gasteiger partial charge in [-0.25, -0.2) is 0 Å². The van der Waals surface area contributed by atoms with Gasteiger partial charge >= 0.3 is 0 Å². The second-order valence-corrected chi connectivity index (χ2v) is 8.21. The van der Waals surface area contributed by atoms with E-state index in [2.05, 4.69) is 29.8 Å². The highest BCUT2D eigenvalue weighted by Crippen LogP contribution is 2.24. The second-order valence-electron chi connectivity index (χ2n) is 7.29. The van der Waals surface area contributed by atoms with Gasteiger partial charge in [-0.1, -0.05) is 72.3 Å². The van der Waals surface area contributed by atoms with Gasteiger partial charge in [0.1, 0.15) is 18.1 Å². The van der Waals surface area contributed by atoms with E-state index in [1.165, 1.54) is 5.56 Å². The van der Waals surface area contributed by atoms with Gasteiger partial charge in [0.05, 0.1) is 7.11 Å². The summed E-state index contributed by atoms with van der Waals surface area (Å²) in [4.78, 5) is 12.5. The van der Waals surface area contributed by atoms with Gasteiger partial charge in [0.15, 0.2) is 5.78 Å². The fourth-order valence-corrected chi connectivity index (χ4v) is 3.41. The maximum Gasteiger partial charge on any atom is 0.185 e. The molecule has 4 heteroatoms. The number of halogens is 1. The zero-order valence-electron chi connectivity index (χ0n) is 17.4. The van der Waals surface area contributed by atoms with Gasteiger partial charge in [0.25, 0.3) is 0 Å². The molecule has 0 atom stereocenters. The second kappa shape index (κ2) is 10.3. The summed E-state index contributed by atoms with van der Waals surface area (Å²) < 4.78 is 12.3. The van der Waals surface area contributed by atoms with E-state index in [-0.39, 0.29) is 5.78 Å². The first-order valence-corrected chi connectivity index (χ1v) is 10.6. The van der Waals surface area contributed by atoms with Crippen molar-refractivity contribution in [2.24, 2.45) is 0 Å². The molecule has 0 unspecified atom stereocenters. The topological polar surface area (TPSA) is 35.5 Å². The van der Waals surface area contributed by atoms with E-state index in [9.17, 15) is 4.79 Å². The number of allylic oxidation sites excluding steroid dienone is 1. The Balaban J connectivity index is 1.72. The van der Waals surface area contributed by atoms with Crippen LogP contribution in [0.1, 0.15) is 46.8 Å². The van der Waals surface area contributed by atoms with Crippen molar-refractivity contribution >= 4 is 27.8 Å². The number of methoxy groups -OCH3 is 1. The third-order valence-corrected chi connectivity index (χ3v) is 5.28. The van der Waals surface area contributed by atoms with E-state index in [0.29, 0.717) is 18.1 Å². The van der Waals surface area contributed by atoms with E-state index in [0.717, 1.165) is 27.1 Å². The van der Waals surface area contributed by atoms with Crippen LogP contribution in [0.25, 0.3) is 6.08 Å². The van der Waals surface area contributed by atoms with E-state index >= 15 is 0 Å². The van der Waals surface area contributed by atoms with Crippen molar-refractivity contribution in [2.45, 2.75) is 26.4 Å². The summed E-state index contributed by atoms with van der Waals surface area (Å²) in [5.41, 5.74) is 3.73. The highest BCUT2D eigenvalue weighted by atomic mass is 79.9. The van der Waals surface area contributed by atoms with Crippen LogP contribution in [0.15, 0.2) is 77.3 Å². The number of carbonyl (C=O) groups excluding carboxylic acids is 1. The molecule has 0 aliphatic carbocycles. The predicted octanol–water partition coefficient (Wildman–Crippen LogP) is 7.06. The molecule has 3 nitrogen and oxygen atoms in total. The van der Waals surface area contributed by atoms with Crippen molar-refractivity contribution in [2.75, 3.05) is 7.11 Å². The summed E-state index contributed by atoms with van der Waals surface area (Å²) in [6.45, 7) is 4.64. The minimum Gasteiger partial charge on any atom is -0.496 e. The van der Waals surface area contributed by atoms with Crippen LogP contribution in [0.5, 0.6) is 11.5 Å². The van der Waals surface area contributed by atoms with Crippen LogP contribution in [0.2, 0.25) is 0 Å². The van der Waals surface area contributed by atoms with Crippen LogP contribution < -0.4 is 9.47 Å². The van der Waals surface area contributed by atoms with Crippen molar-refractivity contribution in [1.82, 2.24) is 0 Å². The summed E-state index contributed by atoms with van der Waals surface area (Å²) in [6, 6.07) is 21.3. The third kappa shape index (κ3) is 5.83. The normalized spacial score (nSPS) is 11.1. The Morgan fingerprint density at radius 1 is 1.03 bits per heavy atom. The van der Waals surface area contributed by atoms with E-state index in [4.69, 9.17) is 9.47 Å². The Bertz CT molecular complexity index is 1040. The van der Waals surface area contributed by atoms with E-state index < -0.39 is 0 Å². The summed E-state index contributed by atoms with van der Waals surface area (Å²) in [7, 11) is 1.64. The minimum atomic E-state index is -0.0203. The molecule has 0 spiro atoms. The SMILES string of the molecule is COc1ccc(/C=C/C(=O)c2ccc(C(C)C)cc2)cc1COc1cccc(Br)c1. The molecule has 3 aromatic rings. The quantitative estimate of drug-likeness (QED) is 0.264. The first-order chi connectivity index (χ1) is 14.5. The lowest BCUT2D eigenvalue weighted by molar-refractivity contribution is 0.104. The predicted molar refractivity (Wildman–Crippen MR) is 125 cm³/mol. The van der Waals surface area contributed by atoms with Crippen LogP contribution in [-0.4, -0.2) is 12.9 Å². The maximum atomic E-state index is 12.5. The Kier molecular flexibility index (Phi) is 7.47. The first-order valence-electron chi connectivity index (χ1n) is 9.84. The Labute approximate surface area is 186 Å². The molecule has 30 heavy (non-hydrogen) atoms. The largest absolute Gasteiger partial charge is 0.496 e. The average molecular weight is 465 g/mol. The molecule has 154 valence electrons. The fourth-order valence-electron chi connectivity index (χ4n) is 3.03. The highest BCUT2D eigenvalue weighted by Gasteiger charge is 2.07. The molecule has 0 saturated carbocycles. The molecular weight excluding hydrogens is 440 g/mol. The summed E-state index contributed by atoms with van der Waals surface area (Å²) >= 11 is 3.45. The molecule has 0 saturated heterocycles. The van der Waals surface area contributed by atoms with Gasteiger partial charge in [0.2, 0.25) is 0 Å². The molecule has 0 radical (unpaired) electrons. The number of hydrogen-bond donors (Lipinski definition) is 0. The summed E-state index contributed by atoms with van der Waals surface area (Å²) in [5.74, 6) is 1.94. The van der Waals surface area contributed by atoms with Crippen molar-refractivity contribution in [1.29, 1.82) is 0 Å². The molecule has 0 heterocycles. The number of rotatable bonds is 8. The molecule has 0 aliphatic rings. The number of benzene rings is 3. The number of ether oxygens (including phenoxy) is 2. The van der Waals surface area contributed by atoms with Crippen LogP contribution in [0.3, 0.4) is 0 Å². The van der Waals surface area contributed by atoms with Crippen LogP contribution in [-0.2, 0) is 6.61 Å². The lowest BCUT2D eigenvalue weighted by Gasteiger charge is -2.11. The van der Waals surface area contributed by atoms with Crippen molar-refractivity contribution in [3.05, 3.63) is 99.5 Å². The van der Waals surface area contributed by atoms with Gasteiger partial charge in [-0.2, -0.15) is 0 Å². The number of hydrogen-bond acceptors (Lipinski definition) is 3. The molecule has 3 aromatic carbocycles. The zero-order valence-corrected chi connectivity index (χ0v) is 19.0. The molecule has 0 N–H and O–H groups in total. The van der Waals surface area contributed by atoms with Gasteiger partial charge in [-0.05, 0) is 53.5 Å². The van der Waals surface area contributed by atoms with Crippen LogP contribution in [0, 0.1) is 0 Å². The number of ketones is 1. The molecular formula is C26H25BrO3. The van der Waals surface area contributed by atoms with Gasteiger partial charge < -0.3 is 9.47 Å². The molecule has 0 fully saturated rings. The maximum absolute atomic E-state index is 12.5. The summed E-state index contributed by atoms with van der Waals surface area (Å²) in [6.07, 6.45) is 3.42. The Morgan fingerprint density at radius 3 is 2.47 bits per heavy atom. The van der Waals surface area contributed by atoms with Crippen molar-refractivity contribution < 1.29 is 14.3 Å². The lowest BCUT2D eigenvalue weighted by atomic mass is 10.00. The molecule has 3 rings (SSSR count). The monoisotopic (exact) mass is 464 g/mol. The molecule has 0 aliphatic heterocycles.